The van der Waals surface area contributed by atoms with E-state index in [2.05, 4.69) is 13.8 Å². The molecule has 0 amide bonds. The third-order valence-corrected chi connectivity index (χ3v) is 9.01. The number of carbonyl (C=O) groups excluding carboxylic acids is 1. The van der Waals surface area contributed by atoms with Crippen LogP contribution in [0.4, 0.5) is 0 Å². The monoisotopic (exact) mass is 576 g/mol. The van der Waals surface area contributed by atoms with E-state index < -0.39 is 5.97 Å². The van der Waals surface area contributed by atoms with Crippen molar-refractivity contribution in [1.82, 2.24) is 0 Å². The average molecular weight is 576 g/mol. The molecule has 0 fully saturated rings. The minimum atomic E-state index is -0.942. The predicted molar refractivity (Wildman–Crippen MR) is 181 cm³/mol. The molecule has 0 saturated heterocycles. The Morgan fingerprint density at radius 3 is 0.902 bits per heavy atom. The molecule has 0 aliphatic heterocycles. The molecule has 0 saturated carbocycles. The van der Waals surface area contributed by atoms with Crippen molar-refractivity contribution in [3.05, 3.63) is 11.6 Å². The van der Waals surface area contributed by atoms with Crippen LogP contribution < -0.4 is 5.11 Å². The molecule has 0 aromatic heterocycles. The van der Waals surface area contributed by atoms with Gasteiger partial charge in [0, 0.05) is 0 Å². The Bertz CT molecular complexity index is 538. The van der Waals surface area contributed by atoms with Crippen molar-refractivity contribution >= 4 is 5.97 Å². The minimum Gasteiger partial charge on any atom is -0.545 e. The van der Waals surface area contributed by atoms with E-state index in [1.807, 2.05) is 6.08 Å². The second-order valence-electron chi connectivity index (χ2n) is 13.2. The SMILES string of the molecule is CCCCCCCCCCCCCCCCCCCC/C=C(/CCCCCCCCCCCCCCCC)C(=O)[O-]. The van der Waals surface area contributed by atoms with E-state index in [0.717, 1.165) is 25.7 Å². The van der Waals surface area contributed by atoms with E-state index in [0.29, 0.717) is 12.0 Å². The highest BCUT2D eigenvalue weighted by Crippen LogP contribution is 2.17. The van der Waals surface area contributed by atoms with Crippen molar-refractivity contribution in [1.29, 1.82) is 0 Å². The van der Waals surface area contributed by atoms with Gasteiger partial charge in [-0.15, -0.1) is 0 Å². The van der Waals surface area contributed by atoms with Crippen LogP contribution in [0.1, 0.15) is 232 Å². The molecule has 2 nitrogen and oxygen atoms in total. The van der Waals surface area contributed by atoms with Crippen LogP contribution in [-0.4, -0.2) is 5.97 Å². The average Bonchev–Trinajstić information content (AvgIpc) is 2.97. The summed E-state index contributed by atoms with van der Waals surface area (Å²) in [4.78, 5) is 11.5. The number of carbonyl (C=O) groups is 1. The summed E-state index contributed by atoms with van der Waals surface area (Å²) in [6.45, 7) is 4.57. The third kappa shape index (κ3) is 33.6. The molecular weight excluding hydrogens is 500 g/mol. The lowest BCUT2D eigenvalue weighted by Gasteiger charge is -2.09. The Labute approximate surface area is 259 Å². The summed E-state index contributed by atoms with van der Waals surface area (Å²) in [6, 6.07) is 0. The normalized spacial score (nSPS) is 11.9. The molecule has 0 aliphatic carbocycles. The van der Waals surface area contributed by atoms with E-state index in [9.17, 15) is 9.90 Å². The highest BCUT2D eigenvalue weighted by atomic mass is 16.4. The molecule has 0 spiro atoms. The molecule has 0 bridgehead atoms. The van der Waals surface area contributed by atoms with Crippen molar-refractivity contribution in [2.75, 3.05) is 0 Å². The van der Waals surface area contributed by atoms with Gasteiger partial charge in [0.15, 0.2) is 0 Å². The van der Waals surface area contributed by atoms with Crippen LogP contribution in [0.15, 0.2) is 11.6 Å². The highest BCUT2D eigenvalue weighted by molar-refractivity contribution is 5.84. The van der Waals surface area contributed by atoms with Crippen molar-refractivity contribution in [2.45, 2.75) is 232 Å². The van der Waals surface area contributed by atoms with Gasteiger partial charge in [-0.1, -0.05) is 213 Å². The molecule has 0 rings (SSSR count). The molecule has 0 atom stereocenters. The number of hydrogen-bond donors (Lipinski definition) is 0. The predicted octanol–water partition coefficient (Wildman–Crippen LogP) is 13.0. The molecule has 2 heteroatoms. The van der Waals surface area contributed by atoms with Crippen molar-refractivity contribution in [3.8, 4) is 0 Å². The summed E-state index contributed by atoms with van der Waals surface area (Å²) in [5.74, 6) is -0.942. The number of hydrogen-bond acceptors (Lipinski definition) is 2. The molecule has 0 aromatic carbocycles. The molecular formula is C39H75O2-. The van der Waals surface area contributed by atoms with Crippen LogP contribution in [0.2, 0.25) is 0 Å². The topological polar surface area (TPSA) is 40.1 Å². The maximum absolute atomic E-state index is 11.5. The first-order chi connectivity index (χ1) is 20.2. The fraction of sp³-hybridized carbons (Fsp3) is 0.923. The molecule has 0 N–H and O–H groups in total. The summed E-state index contributed by atoms with van der Waals surface area (Å²) in [6.07, 6.45) is 47.1. The van der Waals surface area contributed by atoms with Crippen LogP contribution in [0.3, 0.4) is 0 Å². The van der Waals surface area contributed by atoms with Crippen LogP contribution in [0.25, 0.3) is 0 Å². The van der Waals surface area contributed by atoms with Gasteiger partial charge in [0.05, 0.1) is 5.97 Å². The smallest absolute Gasteiger partial charge is 0.0671 e. The zero-order valence-electron chi connectivity index (χ0n) is 28.4. The summed E-state index contributed by atoms with van der Waals surface area (Å²) < 4.78 is 0. The maximum atomic E-state index is 11.5. The Hall–Kier alpha value is -0.790. The van der Waals surface area contributed by atoms with Gasteiger partial charge in [0.25, 0.3) is 0 Å². The second-order valence-corrected chi connectivity index (χ2v) is 13.2. The van der Waals surface area contributed by atoms with E-state index in [1.165, 1.54) is 186 Å². The van der Waals surface area contributed by atoms with Gasteiger partial charge >= 0.3 is 0 Å². The van der Waals surface area contributed by atoms with Crippen molar-refractivity contribution in [3.63, 3.8) is 0 Å². The van der Waals surface area contributed by atoms with E-state index in [4.69, 9.17) is 0 Å². The summed E-state index contributed by atoms with van der Waals surface area (Å²) in [5, 5.41) is 11.5. The summed E-state index contributed by atoms with van der Waals surface area (Å²) in [7, 11) is 0. The molecule has 0 aliphatic rings. The molecule has 244 valence electrons. The van der Waals surface area contributed by atoms with Crippen LogP contribution >= 0.6 is 0 Å². The zero-order valence-corrected chi connectivity index (χ0v) is 28.4. The van der Waals surface area contributed by atoms with Gasteiger partial charge in [0.1, 0.15) is 0 Å². The third-order valence-electron chi connectivity index (χ3n) is 9.01. The second kappa shape index (κ2) is 35.4. The van der Waals surface area contributed by atoms with Gasteiger partial charge < -0.3 is 9.90 Å². The van der Waals surface area contributed by atoms with Crippen molar-refractivity contribution < 1.29 is 9.90 Å². The maximum Gasteiger partial charge on any atom is 0.0671 e. The molecule has 0 radical (unpaired) electrons. The number of unbranched alkanes of at least 4 members (excludes halogenated alkanes) is 31. The highest BCUT2D eigenvalue weighted by Gasteiger charge is 2.00. The number of carboxylic acid groups (broad SMARTS) is 1. The quantitative estimate of drug-likeness (QED) is 0.0557. The number of carboxylic acids is 1. The van der Waals surface area contributed by atoms with Crippen LogP contribution in [0, 0.1) is 0 Å². The van der Waals surface area contributed by atoms with Gasteiger partial charge in [-0.25, -0.2) is 0 Å². The summed E-state index contributed by atoms with van der Waals surface area (Å²) >= 11 is 0. The number of allylic oxidation sites excluding steroid dienone is 1. The largest absolute Gasteiger partial charge is 0.545 e. The van der Waals surface area contributed by atoms with Gasteiger partial charge in [-0.2, -0.15) is 0 Å². The van der Waals surface area contributed by atoms with Gasteiger partial charge in [-0.3, -0.25) is 0 Å². The number of rotatable bonds is 35. The lowest BCUT2D eigenvalue weighted by Crippen LogP contribution is -2.24. The molecule has 0 heterocycles. The lowest BCUT2D eigenvalue weighted by molar-refractivity contribution is -0.299. The Kier molecular flexibility index (Phi) is 34.7. The lowest BCUT2D eigenvalue weighted by atomic mass is 10.0. The van der Waals surface area contributed by atoms with E-state index in [1.54, 1.807) is 0 Å². The molecule has 0 unspecified atom stereocenters. The first kappa shape index (κ1) is 40.2. The molecule has 0 aromatic rings. The Morgan fingerprint density at radius 2 is 0.634 bits per heavy atom. The zero-order chi connectivity index (χ0) is 29.9. The Balaban J connectivity index is 3.43. The van der Waals surface area contributed by atoms with Gasteiger partial charge in [-0.05, 0) is 31.3 Å². The Morgan fingerprint density at radius 1 is 0.390 bits per heavy atom. The van der Waals surface area contributed by atoms with E-state index in [-0.39, 0.29) is 0 Å². The fourth-order valence-electron chi connectivity index (χ4n) is 6.12. The first-order valence-electron chi connectivity index (χ1n) is 19.1. The fourth-order valence-corrected chi connectivity index (χ4v) is 6.12. The van der Waals surface area contributed by atoms with Crippen molar-refractivity contribution in [2.24, 2.45) is 0 Å². The summed E-state index contributed by atoms with van der Waals surface area (Å²) in [5.41, 5.74) is 0.552. The number of aliphatic carboxylic acids is 1. The molecule has 41 heavy (non-hydrogen) atoms. The van der Waals surface area contributed by atoms with Crippen LogP contribution in [0.5, 0.6) is 0 Å². The first-order valence-corrected chi connectivity index (χ1v) is 19.1. The standard InChI is InChI=1S/C39H76O2/c1-3-5-7-9-11-13-15-17-19-20-21-22-23-25-27-29-31-33-35-37-38(39(40)41)36-34-32-30-28-26-24-18-16-14-12-10-8-6-4-2/h37H,3-36H2,1-2H3,(H,40,41)/p-1/b38-37-. The minimum absolute atomic E-state index is 0.552. The van der Waals surface area contributed by atoms with Gasteiger partial charge in [0.2, 0.25) is 0 Å². The van der Waals surface area contributed by atoms with Crippen LogP contribution in [-0.2, 0) is 4.79 Å². The van der Waals surface area contributed by atoms with E-state index >= 15 is 0 Å².